The molecule has 1 aliphatic carbocycles. The van der Waals surface area contributed by atoms with Gasteiger partial charge in [-0.3, -0.25) is 4.79 Å². The van der Waals surface area contributed by atoms with Crippen molar-refractivity contribution in [2.24, 2.45) is 5.92 Å². The van der Waals surface area contributed by atoms with Crippen LogP contribution in [0.5, 0.6) is 0 Å². The van der Waals surface area contributed by atoms with E-state index in [-0.39, 0.29) is 18.3 Å². The van der Waals surface area contributed by atoms with Crippen LogP contribution in [0.25, 0.3) is 5.57 Å². The van der Waals surface area contributed by atoms with Crippen LogP contribution in [-0.2, 0) is 9.53 Å². The predicted octanol–water partition coefficient (Wildman–Crippen LogP) is 3.63. The number of halogens is 1. The number of ketones is 1. The Morgan fingerprint density at radius 1 is 1.23 bits per heavy atom. The molecule has 1 aliphatic heterocycles. The Hall–Kier alpha value is -1.66. The van der Waals surface area contributed by atoms with Crippen LogP contribution in [0.15, 0.2) is 34.8 Å². The summed E-state index contributed by atoms with van der Waals surface area (Å²) in [5.41, 5.74) is 1.72. The molecule has 0 spiro atoms. The van der Waals surface area contributed by atoms with E-state index in [0.29, 0.717) is 19.4 Å². The third-order valence-corrected chi connectivity index (χ3v) is 5.52. The molecule has 1 atom stereocenters. The van der Waals surface area contributed by atoms with E-state index >= 15 is 0 Å². The number of amides is 1. The number of carbonyl (C=O) groups excluding carboxylic acids is 2. The van der Waals surface area contributed by atoms with Crippen molar-refractivity contribution in [1.29, 1.82) is 0 Å². The second-order valence-corrected chi connectivity index (χ2v) is 7.74. The van der Waals surface area contributed by atoms with E-state index in [1.54, 1.807) is 0 Å². The molecule has 0 saturated carbocycles. The molecule has 1 amide bonds. The molecule has 140 valence electrons. The lowest BCUT2D eigenvalue weighted by atomic mass is 9.97. The Balaban J connectivity index is 1.34. The largest absolute Gasteiger partial charge is 0.450 e. The number of nitrogens with one attached hydrogen (secondary N) is 1. The molecule has 1 aromatic carbocycles. The highest BCUT2D eigenvalue weighted by Crippen LogP contribution is 2.31. The molecule has 2 aliphatic rings. The number of allylic oxidation sites excluding steroid dienone is 2. The summed E-state index contributed by atoms with van der Waals surface area (Å²) < 4.78 is 6.22. The van der Waals surface area contributed by atoms with E-state index in [2.05, 4.69) is 26.1 Å². The molecule has 3 rings (SSSR count). The molecule has 0 aromatic heterocycles. The average Bonchev–Trinajstić information content (AvgIpc) is 3.27. The van der Waals surface area contributed by atoms with Crippen LogP contribution in [0.4, 0.5) is 4.79 Å². The topological polar surface area (TPSA) is 58.6 Å². The van der Waals surface area contributed by atoms with Gasteiger partial charge in [-0.05, 0) is 56.5 Å². The molecule has 1 aromatic rings. The molecule has 1 heterocycles. The SMILES string of the molecule is O=C(NCCN1CCCC1)OCCC1CC=C(c2ccc(Br)cc2)C1=O. The monoisotopic (exact) mass is 420 g/mol. The van der Waals surface area contributed by atoms with Gasteiger partial charge in [-0.2, -0.15) is 0 Å². The minimum atomic E-state index is -0.393. The van der Waals surface area contributed by atoms with Crippen molar-refractivity contribution in [1.82, 2.24) is 10.2 Å². The van der Waals surface area contributed by atoms with Gasteiger partial charge in [0.25, 0.3) is 0 Å². The van der Waals surface area contributed by atoms with Crippen LogP contribution in [0, 0.1) is 5.92 Å². The zero-order chi connectivity index (χ0) is 18.4. The second-order valence-electron chi connectivity index (χ2n) is 6.82. The number of Topliss-reactive ketones (excluding diaryl/α,β-unsaturated/α-hetero) is 1. The van der Waals surface area contributed by atoms with Gasteiger partial charge in [-0.15, -0.1) is 0 Å². The molecule has 0 bridgehead atoms. The van der Waals surface area contributed by atoms with Crippen molar-refractivity contribution in [3.63, 3.8) is 0 Å². The summed E-state index contributed by atoms with van der Waals surface area (Å²) in [5.74, 6) is 0.0522. The average molecular weight is 421 g/mol. The van der Waals surface area contributed by atoms with Gasteiger partial charge in [0.05, 0.1) is 6.61 Å². The number of ether oxygens (including phenoxy) is 1. The third-order valence-electron chi connectivity index (χ3n) is 4.99. The van der Waals surface area contributed by atoms with Crippen molar-refractivity contribution in [3.05, 3.63) is 40.4 Å². The fraction of sp³-hybridized carbons (Fsp3) is 0.500. The van der Waals surface area contributed by atoms with Crippen LogP contribution in [0.1, 0.15) is 31.2 Å². The molecular weight excluding hydrogens is 396 g/mol. The van der Waals surface area contributed by atoms with Gasteiger partial charge in [0, 0.05) is 29.1 Å². The summed E-state index contributed by atoms with van der Waals surface area (Å²) >= 11 is 3.40. The van der Waals surface area contributed by atoms with Gasteiger partial charge in [0.1, 0.15) is 0 Å². The first-order valence-electron chi connectivity index (χ1n) is 9.27. The van der Waals surface area contributed by atoms with Gasteiger partial charge in [0.2, 0.25) is 0 Å². The summed E-state index contributed by atoms with van der Waals surface area (Å²) in [5, 5.41) is 2.78. The Kier molecular flexibility index (Phi) is 6.86. The Morgan fingerprint density at radius 3 is 2.69 bits per heavy atom. The first-order valence-corrected chi connectivity index (χ1v) is 10.1. The predicted molar refractivity (Wildman–Crippen MR) is 105 cm³/mol. The zero-order valence-electron chi connectivity index (χ0n) is 14.9. The fourth-order valence-electron chi connectivity index (χ4n) is 3.49. The maximum atomic E-state index is 12.5. The Labute approximate surface area is 162 Å². The molecule has 1 fully saturated rings. The summed E-state index contributed by atoms with van der Waals surface area (Å²) in [6, 6.07) is 7.76. The van der Waals surface area contributed by atoms with Crippen LogP contribution in [0.2, 0.25) is 0 Å². The highest BCUT2D eigenvalue weighted by atomic mass is 79.9. The van der Waals surface area contributed by atoms with Crippen LogP contribution in [0.3, 0.4) is 0 Å². The van der Waals surface area contributed by atoms with Crippen LogP contribution >= 0.6 is 15.9 Å². The first-order chi connectivity index (χ1) is 12.6. The standard InChI is InChI=1S/C20H25BrN2O3/c21-17-6-3-15(4-7-17)18-8-5-16(19(18)24)9-14-26-20(25)22-10-13-23-11-1-2-12-23/h3-4,6-8,16H,1-2,5,9-14H2,(H,22,25). The number of likely N-dealkylation sites (tertiary alicyclic amines) is 1. The molecule has 0 radical (unpaired) electrons. The lowest BCUT2D eigenvalue weighted by molar-refractivity contribution is -0.117. The van der Waals surface area contributed by atoms with Crippen molar-refractivity contribution in [2.45, 2.75) is 25.7 Å². The van der Waals surface area contributed by atoms with Gasteiger partial charge in [0.15, 0.2) is 5.78 Å². The minimum Gasteiger partial charge on any atom is -0.450 e. The molecule has 1 saturated heterocycles. The summed E-state index contributed by atoms with van der Waals surface area (Å²) in [6.45, 7) is 3.99. The highest BCUT2D eigenvalue weighted by molar-refractivity contribution is 9.10. The maximum Gasteiger partial charge on any atom is 0.407 e. The van der Waals surface area contributed by atoms with Crippen molar-refractivity contribution in [3.8, 4) is 0 Å². The van der Waals surface area contributed by atoms with E-state index in [0.717, 1.165) is 35.2 Å². The summed E-state index contributed by atoms with van der Waals surface area (Å²) in [7, 11) is 0. The van der Waals surface area contributed by atoms with E-state index < -0.39 is 6.09 Å². The molecular formula is C20H25BrN2O3. The molecule has 1 unspecified atom stereocenters. The van der Waals surface area contributed by atoms with Crippen molar-refractivity contribution >= 4 is 33.4 Å². The quantitative estimate of drug-likeness (QED) is 0.731. The van der Waals surface area contributed by atoms with Gasteiger partial charge in [-0.25, -0.2) is 4.79 Å². The molecule has 26 heavy (non-hydrogen) atoms. The molecule has 6 heteroatoms. The van der Waals surface area contributed by atoms with Gasteiger partial charge in [-0.1, -0.05) is 34.1 Å². The van der Waals surface area contributed by atoms with Crippen LogP contribution in [-0.4, -0.2) is 49.6 Å². The lowest BCUT2D eigenvalue weighted by Crippen LogP contribution is -2.34. The van der Waals surface area contributed by atoms with E-state index in [1.165, 1.54) is 12.8 Å². The highest BCUT2D eigenvalue weighted by Gasteiger charge is 2.28. The van der Waals surface area contributed by atoms with E-state index in [1.807, 2.05) is 30.3 Å². The molecule has 5 nitrogen and oxygen atoms in total. The molecule has 1 N–H and O–H groups in total. The smallest absolute Gasteiger partial charge is 0.407 e. The number of hydrogen-bond donors (Lipinski definition) is 1. The van der Waals surface area contributed by atoms with E-state index in [4.69, 9.17) is 4.74 Å². The Morgan fingerprint density at radius 2 is 1.96 bits per heavy atom. The first kappa shape index (κ1) is 19.1. The number of hydrogen-bond acceptors (Lipinski definition) is 4. The Bertz CT molecular complexity index is 666. The number of rotatable bonds is 7. The number of alkyl carbamates (subject to hydrolysis) is 1. The fourth-order valence-corrected chi connectivity index (χ4v) is 3.76. The number of carbonyl (C=O) groups is 2. The zero-order valence-corrected chi connectivity index (χ0v) is 16.5. The second kappa shape index (κ2) is 9.33. The number of benzene rings is 1. The van der Waals surface area contributed by atoms with Crippen LogP contribution < -0.4 is 5.32 Å². The minimum absolute atomic E-state index is 0.0916. The maximum absolute atomic E-state index is 12.5. The summed E-state index contributed by atoms with van der Waals surface area (Å²) in [6.07, 6.45) is 5.37. The van der Waals surface area contributed by atoms with Gasteiger partial charge < -0.3 is 15.0 Å². The van der Waals surface area contributed by atoms with Crippen molar-refractivity contribution < 1.29 is 14.3 Å². The van der Waals surface area contributed by atoms with E-state index in [9.17, 15) is 9.59 Å². The normalized spacial score (nSPS) is 20.3. The van der Waals surface area contributed by atoms with Crippen molar-refractivity contribution in [2.75, 3.05) is 32.8 Å². The third kappa shape index (κ3) is 5.17. The lowest BCUT2D eigenvalue weighted by Gasteiger charge is -2.15. The summed E-state index contributed by atoms with van der Waals surface area (Å²) in [4.78, 5) is 26.6. The van der Waals surface area contributed by atoms with Gasteiger partial charge >= 0.3 is 6.09 Å². The number of nitrogens with zero attached hydrogens (tertiary/aromatic N) is 1.